The Labute approximate surface area is 379 Å². The van der Waals surface area contributed by atoms with Crippen molar-refractivity contribution in [2.75, 3.05) is 16.6 Å². The first kappa shape index (κ1) is 45.7. The van der Waals surface area contributed by atoms with Gasteiger partial charge in [0.1, 0.15) is 25.9 Å². The van der Waals surface area contributed by atoms with E-state index in [0.29, 0.717) is 11.4 Å². The van der Waals surface area contributed by atoms with Gasteiger partial charge in [-0.3, -0.25) is 20.4 Å². The van der Waals surface area contributed by atoms with Crippen LogP contribution in [0.4, 0.5) is 28.4 Å². The van der Waals surface area contributed by atoms with E-state index < -0.39 is 58.9 Å². The van der Waals surface area contributed by atoms with E-state index in [9.17, 15) is 45.4 Å². The molecule has 4 aromatic rings. The van der Waals surface area contributed by atoms with E-state index in [-0.39, 0.29) is 133 Å². The quantitative estimate of drug-likeness (QED) is 0.0270. The number of hydrazone groups is 2. The maximum absolute atomic E-state index is 13.2. The van der Waals surface area contributed by atoms with Gasteiger partial charge in [0.05, 0.1) is 44.2 Å². The fraction of sp³-hybridized carbons (Fsp3) is 0. The zero-order chi connectivity index (χ0) is 37.4. The van der Waals surface area contributed by atoms with Gasteiger partial charge in [-0.15, -0.1) is 5.11 Å². The van der Waals surface area contributed by atoms with E-state index in [1.165, 1.54) is 42.5 Å². The minimum absolute atomic E-state index is 0. The molecule has 55 heavy (non-hydrogen) atoms. The Morgan fingerprint density at radius 1 is 0.727 bits per heavy atom. The molecule has 2 aliphatic carbocycles. The monoisotopic (exact) mass is 807 g/mol. The van der Waals surface area contributed by atoms with Gasteiger partial charge in [0, 0.05) is 27.6 Å². The second-order valence-corrected chi connectivity index (χ2v) is 13.7. The van der Waals surface area contributed by atoms with E-state index >= 15 is 0 Å². The average Bonchev–Trinajstić information content (AvgIpc) is 3.09. The normalized spacial score (nSPS) is 15.4. The second kappa shape index (κ2) is 18.5. The van der Waals surface area contributed by atoms with Gasteiger partial charge >= 0.3 is 88.7 Å². The molecule has 4 N–H and O–H groups in total. The van der Waals surface area contributed by atoms with Crippen molar-refractivity contribution in [3.8, 4) is 0 Å². The molecule has 0 saturated carbocycles. The maximum Gasteiger partial charge on any atom is 1.00 e. The van der Waals surface area contributed by atoms with Crippen molar-refractivity contribution < 1.29 is 134 Å². The van der Waals surface area contributed by atoms with Crippen molar-refractivity contribution >= 4 is 94.5 Å². The summed E-state index contributed by atoms with van der Waals surface area (Å²) in [7, 11) is -10.1. The molecular formula is C33H20N7Na3O10S2. The molecule has 22 heteroatoms. The molecule has 262 valence electrons. The number of benzene rings is 4. The van der Waals surface area contributed by atoms with Crippen molar-refractivity contribution in [1.29, 1.82) is 0 Å². The second-order valence-electron chi connectivity index (χ2n) is 10.9. The molecule has 6 rings (SSSR count). The van der Waals surface area contributed by atoms with Crippen LogP contribution in [-0.4, -0.2) is 54.9 Å². The van der Waals surface area contributed by atoms with E-state index in [1.54, 1.807) is 24.3 Å². The molecule has 0 aromatic heterocycles. The van der Waals surface area contributed by atoms with Crippen LogP contribution in [0.2, 0.25) is 0 Å². The van der Waals surface area contributed by atoms with Gasteiger partial charge in [-0.2, -0.15) is 15.3 Å². The molecule has 0 amide bonds. The third kappa shape index (κ3) is 10.6. The average molecular weight is 808 g/mol. The number of carboxylic acids is 1. The molecule has 0 bridgehead atoms. The standard InChI is InChI=1S/C33H23N7O10S2.3Na/c34-18-1-8-23-17(13-18)14-30(52(48,49)50)31(32(23)42)40-39-27-10-11-28(25-16-22(51(45,46)47)7-9-24(25)27)38-36-20-4-2-19(3-5-20)35-37-21-6-12-29(41)26(15-21)33(43)44;;;/h1-16,35,39H,34H2,(H,43,44)(H,45,46,47)(H,48,49,50);;;/q;3*+1/p-3/b37-21-,38-36?,40-31-;;;. The molecule has 0 atom stereocenters. The van der Waals surface area contributed by atoms with Gasteiger partial charge in [-0.05, 0) is 96.6 Å². The summed E-state index contributed by atoms with van der Waals surface area (Å²) in [6, 6.07) is 16.5. The topological polar surface area (TPSA) is 288 Å². The van der Waals surface area contributed by atoms with E-state index in [2.05, 4.69) is 31.3 Å². The van der Waals surface area contributed by atoms with Gasteiger partial charge in [0.2, 0.25) is 5.78 Å². The van der Waals surface area contributed by atoms with E-state index in [1.807, 2.05) is 0 Å². The number of nitrogens with zero attached hydrogens (tertiary/aromatic N) is 4. The number of Topliss-reactive ketones (excluding diaryl/α,β-unsaturated/α-hetero) is 1. The predicted molar refractivity (Wildman–Crippen MR) is 185 cm³/mol. The minimum atomic E-state index is -5.19. The summed E-state index contributed by atoms with van der Waals surface area (Å²) < 4.78 is 71.9. The minimum Gasteiger partial charge on any atom is -0.744 e. The van der Waals surface area contributed by atoms with Gasteiger partial charge < -0.3 is 24.7 Å². The van der Waals surface area contributed by atoms with Crippen LogP contribution in [0.1, 0.15) is 15.9 Å². The Hall–Kier alpha value is -3.67. The van der Waals surface area contributed by atoms with Crippen LogP contribution in [-0.2, 0) is 29.8 Å². The first-order valence-corrected chi connectivity index (χ1v) is 17.4. The Bertz CT molecular complexity index is 2660. The fourth-order valence-electron chi connectivity index (χ4n) is 5.01. The SMILES string of the molecule is Nc1ccc2c(c1)C=C(S(=O)(=O)[O-])/C(=N/Nc1ccc(N=Nc3ccc(N/N=C4/C=CC(=O)C(C(=O)[O-])=C4)cc3)c3cc(S(=O)(=O)[O-])ccc13)C2=O.[Na+].[Na+].[Na+]. The Morgan fingerprint density at radius 3 is 2.09 bits per heavy atom. The Morgan fingerprint density at radius 2 is 1.44 bits per heavy atom. The molecule has 0 fully saturated rings. The maximum atomic E-state index is 13.2. The number of allylic oxidation sites excluding steroid dienone is 4. The van der Waals surface area contributed by atoms with Gasteiger partial charge in [-0.25, -0.2) is 16.8 Å². The van der Waals surface area contributed by atoms with Crippen molar-refractivity contribution in [2.45, 2.75) is 4.90 Å². The first-order valence-electron chi connectivity index (χ1n) is 14.6. The van der Waals surface area contributed by atoms with Crippen LogP contribution in [0.15, 0.2) is 127 Å². The van der Waals surface area contributed by atoms with Crippen LogP contribution in [0, 0.1) is 0 Å². The Balaban J connectivity index is 0.00000271. The summed E-state index contributed by atoms with van der Waals surface area (Å²) >= 11 is 0. The van der Waals surface area contributed by atoms with E-state index in [0.717, 1.165) is 30.4 Å². The fourth-order valence-corrected chi connectivity index (χ4v) is 6.15. The number of carbonyl (C=O) groups excluding carboxylic acids is 3. The molecule has 17 nitrogen and oxygen atoms in total. The summed E-state index contributed by atoms with van der Waals surface area (Å²) in [6.07, 6.45) is 4.42. The third-order valence-electron chi connectivity index (χ3n) is 7.50. The molecule has 0 saturated heterocycles. The molecule has 2 aliphatic rings. The number of carboxylic acid groups (broad SMARTS) is 1. The van der Waals surface area contributed by atoms with Crippen LogP contribution in [0.25, 0.3) is 16.8 Å². The van der Waals surface area contributed by atoms with Gasteiger partial charge in [-0.1, -0.05) is 6.07 Å². The van der Waals surface area contributed by atoms with Crippen LogP contribution in [0.3, 0.4) is 0 Å². The smallest absolute Gasteiger partial charge is 0.744 e. The van der Waals surface area contributed by atoms with Gasteiger partial charge in [0.15, 0.2) is 5.78 Å². The third-order valence-corrected chi connectivity index (χ3v) is 9.19. The molecule has 0 aliphatic heterocycles. The number of fused-ring (bicyclic) bond motifs is 2. The number of hydrogen-bond acceptors (Lipinski definition) is 17. The zero-order valence-electron chi connectivity index (χ0n) is 29.0. The van der Waals surface area contributed by atoms with Crippen molar-refractivity contribution in [1.82, 2.24) is 0 Å². The number of hydrogen-bond donors (Lipinski definition) is 3. The summed E-state index contributed by atoms with van der Waals surface area (Å²) in [5.74, 6) is -3.22. The summed E-state index contributed by atoms with van der Waals surface area (Å²) in [5.41, 5.74) is 11.3. The number of anilines is 3. The number of carbonyl (C=O) groups is 3. The van der Waals surface area contributed by atoms with Crippen LogP contribution >= 0.6 is 0 Å². The summed E-state index contributed by atoms with van der Waals surface area (Å²) in [4.78, 5) is 34.5. The van der Waals surface area contributed by atoms with Crippen molar-refractivity contribution in [3.05, 3.63) is 113 Å². The molecule has 0 heterocycles. The molecule has 0 unspecified atom stereocenters. The number of nitrogens with one attached hydrogen (secondary N) is 2. The molecular weight excluding hydrogens is 788 g/mol. The van der Waals surface area contributed by atoms with Crippen molar-refractivity contribution in [2.24, 2.45) is 20.4 Å². The predicted octanol–water partition coefficient (Wildman–Crippen LogP) is -6.11. The van der Waals surface area contributed by atoms with Crippen LogP contribution < -0.4 is 110 Å². The van der Waals surface area contributed by atoms with E-state index in [4.69, 9.17) is 5.73 Å². The number of rotatable bonds is 9. The number of aliphatic carboxylic acids is 1. The molecule has 0 spiro atoms. The number of ketones is 2. The van der Waals surface area contributed by atoms with Crippen LogP contribution in [0.5, 0.6) is 0 Å². The summed E-state index contributed by atoms with van der Waals surface area (Å²) in [5, 5.41) is 27.8. The molecule has 4 aromatic carbocycles. The van der Waals surface area contributed by atoms with Crippen molar-refractivity contribution in [3.63, 3.8) is 0 Å². The zero-order valence-corrected chi connectivity index (χ0v) is 36.6. The molecule has 0 radical (unpaired) electrons. The Kier molecular flexibility index (Phi) is 15.4. The first-order chi connectivity index (χ1) is 24.6. The number of azo groups is 1. The summed E-state index contributed by atoms with van der Waals surface area (Å²) in [6.45, 7) is 0. The number of nitrogen functional groups attached to an aromatic ring is 1. The largest absolute Gasteiger partial charge is 1.00 e. The number of nitrogens with two attached hydrogens (primary N) is 1. The van der Waals surface area contributed by atoms with Gasteiger partial charge in [0.25, 0.3) is 0 Å².